The minimum Gasteiger partial charge on any atom is -0.492 e. The Hall–Kier alpha value is -6.89. The number of nitrogens with two attached hydrogens (primary N) is 3. The van der Waals surface area contributed by atoms with Gasteiger partial charge in [0.05, 0.1) is 24.7 Å². The average Bonchev–Trinajstić information content (AvgIpc) is 4.55. The van der Waals surface area contributed by atoms with Crippen LogP contribution in [0.15, 0.2) is 130 Å². The number of likely N-dealkylation sites (tertiary alicyclic amines) is 3. The molecule has 13 rings (SSSR count). The number of amides is 3. The lowest BCUT2D eigenvalue weighted by Gasteiger charge is -2.38. The van der Waals surface area contributed by atoms with Crippen molar-refractivity contribution in [2.75, 3.05) is 59.1 Å². The third kappa shape index (κ3) is 11.0. The summed E-state index contributed by atoms with van der Waals surface area (Å²) in [5.74, 6) is 1.38. The van der Waals surface area contributed by atoms with E-state index in [0.717, 1.165) is 108 Å². The van der Waals surface area contributed by atoms with Crippen LogP contribution in [0.5, 0.6) is 17.2 Å². The van der Waals surface area contributed by atoms with Gasteiger partial charge in [0, 0.05) is 103 Å². The van der Waals surface area contributed by atoms with Gasteiger partial charge in [0.25, 0.3) is 11.8 Å². The van der Waals surface area contributed by atoms with E-state index in [1.807, 2.05) is 64.4 Å². The van der Waals surface area contributed by atoms with Crippen LogP contribution in [0, 0.1) is 11.6 Å². The smallest absolute Gasteiger partial charge is 0.289 e. The molecular weight excluding hydrogens is 1090 g/mol. The standard InChI is InChI=1S/C22H22F2N2O2.C22H22N2O2S.C18H19BrN2O3/c23-18-4-1-15(12-19(18)24)3-6-21(27)26-9-7-22(8-10-26)14-28-20-5-2-16(13-25)11-17(20)22;23-13-15-5-6-18-17(11-15)22(14-26-18)7-9-24(10-8-22)21(25)20-12-16-3-1-2-4-19(16)27-20;19-16-4-3-15(24-16)17(22)21-7-5-18(6-8-21)11-23-14-2-1-12(10-20)9-13(14)18/h1-6,11-12H,7-10,13-14,25H2;1-6,11-12H,7-10,13-14,23H2;1-4,9H,5-8,10-11,20H2/b6-3+;;. The molecular formula is C62H63BrF2N6O7S. The zero-order valence-electron chi connectivity index (χ0n) is 43.8. The highest BCUT2D eigenvalue weighted by Gasteiger charge is 2.46. The van der Waals surface area contributed by atoms with Gasteiger partial charge in [-0.2, -0.15) is 0 Å². The number of carbonyl (C=O) groups excluding carboxylic acids is 3. The predicted octanol–water partition coefficient (Wildman–Crippen LogP) is 10.4. The van der Waals surface area contributed by atoms with Gasteiger partial charge in [0.1, 0.15) is 17.2 Å². The molecule has 0 atom stereocenters. The normalized spacial score (nSPS) is 18.0. The lowest BCUT2D eigenvalue weighted by atomic mass is 9.74. The number of nitrogens with zero attached hydrogens (tertiary/aromatic N) is 3. The van der Waals surface area contributed by atoms with Crippen molar-refractivity contribution in [3.8, 4) is 17.2 Å². The zero-order chi connectivity index (χ0) is 54.9. The number of ether oxygens (including phenoxy) is 3. The molecule has 3 spiro atoms. The Morgan fingerprint density at radius 3 is 1.49 bits per heavy atom. The third-order valence-corrected chi connectivity index (χ3v) is 18.4. The molecule has 410 valence electrons. The molecule has 17 heteroatoms. The van der Waals surface area contributed by atoms with Crippen LogP contribution in [-0.4, -0.2) is 91.5 Å². The van der Waals surface area contributed by atoms with Crippen molar-refractivity contribution >= 4 is 61.2 Å². The second kappa shape index (κ2) is 22.7. The Labute approximate surface area is 470 Å². The average molecular weight is 1150 g/mol. The maximum Gasteiger partial charge on any atom is 0.289 e. The molecule has 79 heavy (non-hydrogen) atoms. The first-order valence-corrected chi connectivity index (χ1v) is 28.5. The summed E-state index contributed by atoms with van der Waals surface area (Å²) in [6.45, 7) is 7.76. The van der Waals surface area contributed by atoms with Gasteiger partial charge in [0.15, 0.2) is 22.1 Å². The van der Waals surface area contributed by atoms with Gasteiger partial charge in [-0.3, -0.25) is 14.4 Å². The van der Waals surface area contributed by atoms with Crippen molar-refractivity contribution in [3.05, 3.63) is 187 Å². The number of rotatable bonds is 7. The molecule has 8 heterocycles. The quantitative estimate of drug-likeness (QED) is 0.130. The molecule has 0 saturated carbocycles. The van der Waals surface area contributed by atoms with Gasteiger partial charge in [-0.15, -0.1) is 11.3 Å². The Bertz CT molecular complexity index is 3420. The molecule has 7 aromatic rings. The highest BCUT2D eigenvalue weighted by atomic mass is 79.9. The number of hydrogen-bond donors (Lipinski definition) is 3. The van der Waals surface area contributed by atoms with Gasteiger partial charge in [-0.25, -0.2) is 8.78 Å². The van der Waals surface area contributed by atoms with Crippen molar-refractivity contribution in [2.24, 2.45) is 17.2 Å². The number of thiophene rings is 1. The summed E-state index contributed by atoms with van der Waals surface area (Å²) in [6.07, 6.45) is 8.21. The van der Waals surface area contributed by atoms with E-state index >= 15 is 0 Å². The zero-order valence-corrected chi connectivity index (χ0v) is 46.2. The molecule has 0 bridgehead atoms. The van der Waals surface area contributed by atoms with E-state index < -0.39 is 11.6 Å². The van der Waals surface area contributed by atoms with Gasteiger partial charge in [0.2, 0.25) is 5.91 Å². The number of furan rings is 1. The van der Waals surface area contributed by atoms with E-state index in [9.17, 15) is 23.2 Å². The monoisotopic (exact) mass is 1150 g/mol. The fraction of sp³-hybridized carbons (Fsp3) is 0.339. The van der Waals surface area contributed by atoms with E-state index in [2.05, 4.69) is 46.3 Å². The summed E-state index contributed by atoms with van der Waals surface area (Å²) in [5, 5.41) is 1.15. The van der Waals surface area contributed by atoms with Gasteiger partial charge in [-0.1, -0.05) is 60.7 Å². The number of halogens is 3. The molecule has 3 saturated heterocycles. The van der Waals surface area contributed by atoms with Crippen LogP contribution in [0.1, 0.15) is 97.7 Å². The largest absolute Gasteiger partial charge is 0.492 e. The molecule has 13 nitrogen and oxygen atoms in total. The molecule has 6 aliphatic heterocycles. The Balaban J connectivity index is 0.000000126. The summed E-state index contributed by atoms with van der Waals surface area (Å²) >= 11 is 4.83. The Morgan fingerprint density at radius 1 is 0.557 bits per heavy atom. The lowest BCUT2D eigenvalue weighted by Crippen LogP contribution is -2.46. The molecule has 6 aliphatic rings. The highest BCUT2D eigenvalue weighted by Crippen LogP contribution is 2.49. The lowest BCUT2D eigenvalue weighted by molar-refractivity contribution is -0.127. The number of hydrogen-bond acceptors (Lipinski definition) is 11. The minimum atomic E-state index is -0.925. The Kier molecular flexibility index (Phi) is 15.5. The number of benzene rings is 5. The molecule has 0 aliphatic carbocycles. The molecule has 6 N–H and O–H groups in total. The highest BCUT2D eigenvalue weighted by molar-refractivity contribution is 9.10. The van der Waals surface area contributed by atoms with E-state index in [1.165, 1.54) is 39.6 Å². The molecule has 3 fully saturated rings. The van der Waals surface area contributed by atoms with Crippen LogP contribution < -0.4 is 31.4 Å². The van der Waals surface area contributed by atoms with Crippen LogP contribution in [0.4, 0.5) is 8.78 Å². The number of fused-ring (bicyclic) bond motifs is 7. The molecule has 5 aromatic carbocycles. The maximum absolute atomic E-state index is 13.3. The summed E-state index contributed by atoms with van der Waals surface area (Å²) in [7, 11) is 0. The first-order valence-electron chi connectivity index (χ1n) is 26.9. The maximum atomic E-state index is 13.3. The van der Waals surface area contributed by atoms with Crippen LogP contribution >= 0.6 is 27.3 Å². The van der Waals surface area contributed by atoms with Crippen molar-refractivity contribution in [2.45, 2.75) is 74.4 Å². The van der Waals surface area contributed by atoms with Crippen LogP contribution in [0.25, 0.3) is 16.2 Å². The Morgan fingerprint density at radius 2 is 1.04 bits per heavy atom. The number of carbonyl (C=O) groups is 3. The van der Waals surface area contributed by atoms with E-state index in [1.54, 1.807) is 28.4 Å². The fourth-order valence-electron chi connectivity index (χ4n) is 12.0. The molecule has 0 radical (unpaired) electrons. The predicted molar refractivity (Wildman–Crippen MR) is 304 cm³/mol. The van der Waals surface area contributed by atoms with Crippen LogP contribution in [-0.2, 0) is 40.7 Å². The van der Waals surface area contributed by atoms with Gasteiger partial charge < -0.3 is 50.5 Å². The second-order valence-electron chi connectivity index (χ2n) is 21.5. The van der Waals surface area contributed by atoms with Gasteiger partial charge in [-0.05, 0) is 143 Å². The summed E-state index contributed by atoms with van der Waals surface area (Å²) in [6, 6.07) is 35.8. The van der Waals surface area contributed by atoms with Crippen molar-refractivity contribution in [1.82, 2.24) is 14.7 Å². The number of piperidine rings is 3. The first-order chi connectivity index (χ1) is 38.3. The van der Waals surface area contributed by atoms with E-state index in [0.29, 0.717) is 81.6 Å². The molecule has 2 aromatic heterocycles. The SMILES string of the molecule is NCc1ccc2c(c1)C1(CCN(C(=O)/C=C/c3ccc(F)c(F)c3)CC1)CO2.NCc1ccc2c(c1)C1(CCN(C(=O)c3cc4ccccc4s3)CC1)CO2.NCc1ccc2c(c1)C1(CCN(C(=O)c3ccc(Br)o3)CC1)CO2. The second-order valence-corrected chi connectivity index (χ2v) is 23.3. The fourth-order valence-corrected chi connectivity index (χ4v) is 13.3. The summed E-state index contributed by atoms with van der Waals surface area (Å²) in [4.78, 5) is 44.5. The van der Waals surface area contributed by atoms with Crippen molar-refractivity contribution in [3.63, 3.8) is 0 Å². The van der Waals surface area contributed by atoms with Gasteiger partial charge >= 0.3 is 0 Å². The van der Waals surface area contributed by atoms with E-state index in [4.69, 9.17) is 35.8 Å². The molecule has 3 amide bonds. The first kappa shape index (κ1) is 54.1. The van der Waals surface area contributed by atoms with E-state index in [-0.39, 0.29) is 34.0 Å². The summed E-state index contributed by atoms with van der Waals surface area (Å²) in [5.41, 5.74) is 24.9. The van der Waals surface area contributed by atoms with Crippen molar-refractivity contribution in [1.29, 1.82) is 0 Å². The van der Waals surface area contributed by atoms with Crippen molar-refractivity contribution < 1.29 is 41.8 Å². The topological polar surface area (TPSA) is 180 Å². The van der Waals surface area contributed by atoms with Crippen LogP contribution in [0.3, 0.4) is 0 Å². The van der Waals surface area contributed by atoms with Crippen LogP contribution in [0.2, 0.25) is 0 Å². The third-order valence-electron chi connectivity index (χ3n) is 16.9. The minimum absolute atomic E-state index is 0.00103. The molecule has 0 unspecified atom stereocenters. The summed E-state index contributed by atoms with van der Waals surface area (Å²) < 4.78 is 51.2.